The lowest BCUT2D eigenvalue weighted by molar-refractivity contribution is -0.165. The summed E-state index contributed by atoms with van der Waals surface area (Å²) in [7, 11) is 0. The van der Waals surface area contributed by atoms with Crippen molar-refractivity contribution in [1.29, 1.82) is 0 Å². The first-order chi connectivity index (χ1) is 13.6. The van der Waals surface area contributed by atoms with Crippen LogP contribution in [0, 0.1) is 5.41 Å². The normalized spacial score (nSPS) is 28.7. The predicted octanol–water partition coefficient (Wildman–Crippen LogP) is -0.00630. The van der Waals surface area contributed by atoms with Gasteiger partial charge in [0.15, 0.2) is 0 Å². The summed E-state index contributed by atoms with van der Waals surface area (Å²) in [5.41, 5.74) is 0.363. The van der Waals surface area contributed by atoms with Crippen LogP contribution in [0.3, 0.4) is 0 Å². The standard InChI is InChI=1S/C21H31N3O4/c25-15-21(13-22-14-21)20(27)24-10-11-28-18(12-23-8-6-17(26)7-9-23)19(24)16-4-2-1-3-5-16/h1-5,17-19,22,25-26H,6-15H2/t18-,19-/m0/s1. The van der Waals surface area contributed by atoms with E-state index in [1.165, 1.54) is 0 Å². The molecule has 0 unspecified atom stereocenters. The van der Waals surface area contributed by atoms with Crippen LogP contribution in [0.15, 0.2) is 30.3 Å². The molecule has 3 fully saturated rings. The predicted molar refractivity (Wildman–Crippen MR) is 105 cm³/mol. The molecule has 3 aliphatic heterocycles. The van der Waals surface area contributed by atoms with Crippen molar-refractivity contribution in [3.05, 3.63) is 35.9 Å². The highest BCUT2D eigenvalue weighted by Gasteiger charge is 2.49. The van der Waals surface area contributed by atoms with E-state index >= 15 is 0 Å². The highest BCUT2D eigenvalue weighted by atomic mass is 16.5. The monoisotopic (exact) mass is 389 g/mol. The van der Waals surface area contributed by atoms with E-state index in [-0.39, 0.29) is 30.8 Å². The molecule has 4 rings (SSSR count). The molecule has 1 aromatic rings. The lowest BCUT2D eigenvalue weighted by Crippen LogP contribution is -2.66. The summed E-state index contributed by atoms with van der Waals surface area (Å²) in [5, 5.41) is 22.8. The number of piperidine rings is 1. The van der Waals surface area contributed by atoms with Gasteiger partial charge in [0.05, 0.1) is 36.9 Å². The molecule has 3 aliphatic rings. The van der Waals surface area contributed by atoms with E-state index in [2.05, 4.69) is 22.3 Å². The van der Waals surface area contributed by atoms with Gasteiger partial charge in [0.25, 0.3) is 0 Å². The summed E-state index contributed by atoms with van der Waals surface area (Å²) in [5.74, 6) is 0.0185. The highest BCUT2D eigenvalue weighted by molar-refractivity contribution is 5.85. The fraction of sp³-hybridized carbons (Fsp3) is 0.667. The summed E-state index contributed by atoms with van der Waals surface area (Å²) < 4.78 is 6.18. The number of nitrogens with one attached hydrogen (secondary N) is 1. The van der Waals surface area contributed by atoms with Gasteiger partial charge in [0.1, 0.15) is 0 Å². The maximum absolute atomic E-state index is 13.4. The van der Waals surface area contributed by atoms with E-state index in [0.717, 1.165) is 38.0 Å². The van der Waals surface area contributed by atoms with Crippen molar-refractivity contribution in [2.45, 2.75) is 31.1 Å². The number of nitrogens with zero attached hydrogens (tertiary/aromatic N) is 2. The van der Waals surface area contributed by atoms with Crippen LogP contribution in [0.2, 0.25) is 0 Å². The number of morpholine rings is 1. The Hall–Kier alpha value is -1.51. The zero-order valence-corrected chi connectivity index (χ0v) is 16.3. The Kier molecular flexibility index (Phi) is 5.99. The summed E-state index contributed by atoms with van der Waals surface area (Å²) in [6.07, 6.45) is 1.23. The molecule has 3 heterocycles. The van der Waals surface area contributed by atoms with Crippen molar-refractivity contribution in [1.82, 2.24) is 15.1 Å². The molecule has 2 atom stereocenters. The number of ether oxygens (including phenoxy) is 1. The van der Waals surface area contributed by atoms with Crippen molar-refractivity contribution >= 4 is 5.91 Å². The second-order valence-corrected chi connectivity index (χ2v) is 8.34. The Morgan fingerprint density at radius 2 is 1.89 bits per heavy atom. The van der Waals surface area contributed by atoms with Crippen molar-refractivity contribution in [2.24, 2.45) is 5.41 Å². The van der Waals surface area contributed by atoms with Gasteiger partial charge in [-0.15, -0.1) is 0 Å². The van der Waals surface area contributed by atoms with Gasteiger partial charge in [-0.1, -0.05) is 30.3 Å². The molecule has 0 radical (unpaired) electrons. The van der Waals surface area contributed by atoms with Gasteiger partial charge in [-0.2, -0.15) is 0 Å². The van der Waals surface area contributed by atoms with Crippen molar-refractivity contribution < 1.29 is 19.7 Å². The molecule has 1 amide bonds. The molecule has 1 aromatic carbocycles. The minimum absolute atomic E-state index is 0.0185. The molecule has 0 aliphatic carbocycles. The first kappa shape index (κ1) is 19.8. The molecule has 0 spiro atoms. The fourth-order valence-electron chi connectivity index (χ4n) is 4.58. The van der Waals surface area contributed by atoms with Crippen LogP contribution >= 0.6 is 0 Å². The topological polar surface area (TPSA) is 85.3 Å². The van der Waals surface area contributed by atoms with Crippen LogP contribution in [-0.4, -0.2) is 90.6 Å². The number of likely N-dealkylation sites (tertiary alicyclic amines) is 1. The van der Waals surface area contributed by atoms with E-state index in [0.29, 0.717) is 26.2 Å². The van der Waals surface area contributed by atoms with Crippen LogP contribution in [0.1, 0.15) is 24.4 Å². The van der Waals surface area contributed by atoms with Crippen LogP contribution in [0.4, 0.5) is 0 Å². The lowest BCUT2D eigenvalue weighted by Gasteiger charge is -2.49. The van der Waals surface area contributed by atoms with E-state index in [9.17, 15) is 15.0 Å². The molecular weight excluding hydrogens is 358 g/mol. The van der Waals surface area contributed by atoms with Crippen LogP contribution < -0.4 is 5.32 Å². The summed E-state index contributed by atoms with van der Waals surface area (Å²) >= 11 is 0. The quantitative estimate of drug-likeness (QED) is 0.657. The molecule has 154 valence electrons. The molecule has 28 heavy (non-hydrogen) atoms. The van der Waals surface area contributed by atoms with E-state index in [1.807, 2.05) is 23.1 Å². The smallest absolute Gasteiger partial charge is 0.234 e. The van der Waals surface area contributed by atoms with E-state index < -0.39 is 5.41 Å². The largest absolute Gasteiger partial charge is 0.395 e. The van der Waals surface area contributed by atoms with Gasteiger partial charge in [-0.3, -0.25) is 4.79 Å². The third kappa shape index (κ3) is 3.82. The summed E-state index contributed by atoms with van der Waals surface area (Å²) in [6.45, 7) is 4.39. The van der Waals surface area contributed by atoms with Crippen LogP contribution in [0.5, 0.6) is 0 Å². The maximum Gasteiger partial charge on any atom is 0.234 e. The van der Waals surface area contributed by atoms with Crippen molar-refractivity contribution in [3.63, 3.8) is 0 Å². The van der Waals surface area contributed by atoms with Gasteiger partial charge in [-0.05, 0) is 18.4 Å². The molecular formula is C21H31N3O4. The minimum atomic E-state index is -0.704. The number of aliphatic hydroxyl groups excluding tert-OH is 2. The summed E-state index contributed by atoms with van der Waals surface area (Å²) in [6, 6.07) is 9.90. The first-order valence-corrected chi connectivity index (χ1v) is 10.3. The Balaban J connectivity index is 1.57. The third-order valence-electron chi connectivity index (χ3n) is 6.43. The SMILES string of the molecule is O=C(N1CCO[C@@H](CN2CCC(O)CC2)[C@@H]1c1ccccc1)C1(CO)CNC1. The molecule has 7 heteroatoms. The molecule has 7 nitrogen and oxygen atoms in total. The molecule has 3 N–H and O–H groups in total. The van der Waals surface area contributed by atoms with Gasteiger partial charge < -0.3 is 30.1 Å². The number of carbonyl (C=O) groups is 1. The number of carbonyl (C=O) groups excluding carboxylic acids is 1. The fourth-order valence-corrected chi connectivity index (χ4v) is 4.58. The van der Waals surface area contributed by atoms with Gasteiger partial charge >= 0.3 is 0 Å². The number of aliphatic hydroxyl groups is 2. The van der Waals surface area contributed by atoms with Crippen molar-refractivity contribution in [2.75, 3.05) is 52.5 Å². The highest BCUT2D eigenvalue weighted by Crippen LogP contribution is 2.35. The minimum Gasteiger partial charge on any atom is -0.395 e. The van der Waals surface area contributed by atoms with Crippen molar-refractivity contribution in [3.8, 4) is 0 Å². The van der Waals surface area contributed by atoms with E-state index in [1.54, 1.807) is 0 Å². The zero-order valence-electron chi connectivity index (χ0n) is 16.3. The first-order valence-electron chi connectivity index (χ1n) is 10.3. The number of hydrogen-bond donors (Lipinski definition) is 3. The van der Waals surface area contributed by atoms with Crippen LogP contribution in [0.25, 0.3) is 0 Å². The van der Waals surface area contributed by atoms with Gasteiger partial charge in [0.2, 0.25) is 5.91 Å². The summed E-state index contributed by atoms with van der Waals surface area (Å²) in [4.78, 5) is 17.7. The van der Waals surface area contributed by atoms with Crippen LogP contribution in [-0.2, 0) is 9.53 Å². The second kappa shape index (κ2) is 8.47. The Morgan fingerprint density at radius 1 is 1.18 bits per heavy atom. The number of benzene rings is 1. The zero-order chi connectivity index (χ0) is 19.6. The molecule has 3 saturated heterocycles. The average molecular weight is 389 g/mol. The maximum atomic E-state index is 13.4. The van der Waals surface area contributed by atoms with Gasteiger partial charge in [-0.25, -0.2) is 0 Å². The third-order valence-corrected chi connectivity index (χ3v) is 6.43. The lowest BCUT2D eigenvalue weighted by atomic mass is 9.80. The Labute approximate surface area is 166 Å². The Morgan fingerprint density at radius 3 is 2.50 bits per heavy atom. The molecule has 0 saturated carbocycles. The molecule has 0 aromatic heterocycles. The molecule has 0 bridgehead atoms. The number of amides is 1. The van der Waals surface area contributed by atoms with Gasteiger partial charge in [0, 0.05) is 39.3 Å². The second-order valence-electron chi connectivity index (χ2n) is 8.34. The Bertz CT molecular complexity index is 653. The number of hydrogen-bond acceptors (Lipinski definition) is 6. The number of rotatable bonds is 5. The average Bonchev–Trinajstić information content (AvgIpc) is 2.70. The van der Waals surface area contributed by atoms with E-state index in [4.69, 9.17) is 4.74 Å².